The molecule has 100 valence electrons. The van der Waals surface area contributed by atoms with Crippen LogP contribution in [-0.2, 0) is 14.3 Å². The molecule has 0 spiro atoms. The van der Waals surface area contributed by atoms with Gasteiger partial charge in [-0.05, 0) is 25.2 Å². The van der Waals surface area contributed by atoms with E-state index >= 15 is 0 Å². The minimum Gasteiger partial charge on any atom is -0.480 e. The lowest BCUT2D eigenvalue weighted by atomic mass is 10.0. The maximum absolute atomic E-state index is 11.5. The number of carboxylic acids is 1. The van der Waals surface area contributed by atoms with E-state index in [1.54, 1.807) is 7.11 Å². The second kappa shape index (κ2) is 8.98. The molecular formula is C12H23NO4. The summed E-state index contributed by atoms with van der Waals surface area (Å²) in [6.45, 7) is 4.49. The zero-order chi connectivity index (χ0) is 13.3. The molecule has 0 heterocycles. The molecule has 0 aromatic heterocycles. The number of rotatable bonds is 9. The van der Waals surface area contributed by atoms with Gasteiger partial charge in [0.1, 0.15) is 6.04 Å². The van der Waals surface area contributed by atoms with Gasteiger partial charge in [-0.1, -0.05) is 13.8 Å². The van der Waals surface area contributed by atoms with E-state index in [0.717, 1.165) is 6.42 Å². The Balaban J connectivity index is 3.91. The summed E-state index contributed by atoms with van der Waals surface area (Å²) in [5, 5.41) is 11.5. The fourth-order valence-electron chi connectivity index (χ4n) is 1.49. The Bertz CT molecular complexity index is 241. The van der Waals surface area contributed by atoms with Crippen LogP contribution in [0.1, 0.15) is 39.5 Å². The summed E-state index contributed by atoms with van der Waals surface area (Å²) in [7, 11) is 1.61. The Morgan fingerprint density at radius 2 is 1.94 bits per heavy atom. The van der Waals surface area contributed by atoms with Gasteiger partial charge in [0, 0.05) is 20.1 Å². The second-order valence-electron chi connectivity index (χ2n) is 4.54. The van der Waals surface area contributed by atoms with Crippen molar-refractivity contribution >= 4 is 11.9 Å². The van der Waals surface area contributed by atoms with Gasteiger partial charge < -0.3 is 15.2 Å². The van der Waals surface area contributed by atoms with Gasteiger partial charge >= 0.3 is 5.97 Å². The van der Waals surface area contributed by atoms with E-state index in [2.05, 4.69) is 5.32 Å². The van der Waals surface area contributed by atoms with E-state index in [9.17, 15) is 9.59 Å². The molecule has 0 aromatic carbocycles. The first-order chi connectivity index (χ1) is 7.97. The van der Waals surface area contributed by atoms with E-state index in [1.807, 2.05) is 13.8 Å². The predicted molar refractivity (Wildman–Crippen MR) is 64.7 cm³/mol. The molecule has 0 bridgehead atoms. The summed E-state index contributed by atoms with van der Waals surface area (Å²) in [4.78, 5) is 22.4. The average Bonchev–Trinajstić information content (AvgIpc) is 2.22. The van der Waals surface area contributed by atoms with E-state index in [1.165, 1.54) is 0 Å². The summed E-state index contributed by atoms with van der Waals surface area (Å²) < 4.78 is 4.87. The maximum Gasteiger partial charge on any atom is 0.326 e. The third-order valence-corrected chi connectivity index (χ3v) is 2.34. The van der Waals surface area contributed by atoms with Crippen LogP contribution < -0.4 is 5.32 Å². The molecule has 0 saturated heterocycles. The summed E-state index contributed by atoms with van der Waals surface area (Å²) in [6.07, 6.45) is 2.34. The third-order valence-electron chi connectivity index (χ3n) is 2.34. The smallest absolute Gasteiger partial charge is 0.326 e. The van der Waals surface area contributed by atoms with Gasteiger partial charge in [-0.2, -0.15) is 0 Å². The molecule has 5 nitrogen and oxygen atoms in total. The molecule has 0 aliphatic heterocycles. The number of methoxy groups -OCH3 is 1. The second-order valence-corrected chi connectivity index (χ2v) is 4.54. The number of ether oxygens (including phenoxy) is 1. The summed E-state index contributed by atoms with van der Waals surface area (Å²) in [5.74, 6) is -0.928. The van der Waals surface area contributed by atoms with Crippen molar-refractivity contribution in [1.29, 1.82) is 0 Å². The highest BCUT2D eigenvalue weighted by atomic mass is 16.5. The molecule has 0 radical (unpaired) electrons. The highest BCUT2D eigenvalue weighted by Gasteiger charge is 2.20. The molecule has 1 amide bonds. The van der Waals surface area contributed by atoms with Crippen molar-refractivity contribution in [1.82, 2.24) is 5.32 Å². The lowest BCUT2D eigenvalue weighted by Crippen LogP contribution is -2.41. The van der Waals surface area contributed by atoms with Crippen LogP contribution in [0.15, 0.2) is 0 Å². The van der Waals surface area contributed by atoms with Crippen molar-refractivity contribution in [2.45, 2.75) is 45.6 Å². The number of carboxylic acid groups (broad SMARTS) is 1. The van der Waals surface area contributed by atoms with Gasteiger partial charge in [0.2, 0.25) is 5.91 Å². The van der Waals surface area contributed by atoms with Crippen LogP contribution in [0.5, 0.6) is 0 Å². The minimum absolute atomic E-state index is 0.200. The molecule has 0 aliphatic rings. The van der Waals surface area contributed by atoms with Crippen LogP contribution in [0.3, 0.4) is 0 Å². The zero-order valence-electron chi connectivity index (χ0n) is 10.9. The van der Waals surface area contributed by atoms with Crippen molar-refractivity contribution in [3.8, 4) is 0 Å². The van der Waals surface area contributed by atoms with E-state index < -0.39 is 12.0 Å². The highest BCUT2D eigenvalue weighted by Crippen LogP contribution is 2.06. The van der Waals surface area contributed by atoms with E-state index in [4.69, 9.17) is 9.84 Å². The lowest BCUT2D eigenvalue weighted by molar-refractivity contribution is -0.142. The number of hydrogen-bond donors (Lipinski definition) is 2. The van der Waals surface area contributed by atoms with Crippen LogP contribution in [0.25, 0.3) is 0 Å². The maximum atomic E-state index is 11.5. The molecule has 0 aliphatic carbocycles. The Labute approximate surface area is 103 Å². The van der Waals surface area contributed by atoms with E-state index in [0.29, 0.717) is 25.9 Å². The monoisotopic (exact) mass is 245 g/mol. The van der Waals surface area contributed by atoms with Gasteiger partial charge in [0.25, 0.3) is 0 Å². The van der Waals surface area contributed by atoms with Gasteiger partial charge in [-0.25, -0.2) is 4.79 Å². The topological polar surface area (TPSA) is 75.6 Å². The van der Waals surface area contributed by atoms with Crippen molar-refractivity contribution in [3.63, 3.8) is 0 Å². The van der Waals surface area contributed by atoms with Gasteiger partial charge in [0.05, 0.1) is 0 Å². The molecule has 2 N–H and O–H groups in total. The largest absolute Gasteiger partial charge is 0.480 e. The normalized spacial score (nSPS) is 12.5. The van der Waals surface area contributed by atoms with Crippen LogP contribution in [0, 0.1) is 5.92 Å². The molecule has 0 saturated carbocycles. The van der Waals surface area contributed by atoms with Crippen LogP contribution >= 0.6 is 0 Å². The van der Waals surface area contributed by atoms with Crippen molar-refractivity contribution in [2.24, 2.45) is 5.92 Å². The summed E-state index contributed by atoms with van der Waals surface area (Å²) >= 11 is 0. The Morgan fingerprint density at radius 1 is 1.29 bits per heavy atom. The molecule has 1 atom stereocenters. The predicted octanol–water partition coefficient (Wildman–Crippen LogP) is 1.42. The molecule has 0 fully saturated rings. The SMILES string of the molecule is COCCCCC(=O)N[C@@H](CC(C)C)C(=O)O. The first-order valence-electron chi connectivity index (χ1n) is 5.98. The fraction of sp³-hybridized carbons (Fsp3) is 0.833. The Hall–Kier alpha value is -1.10. The fourth-order valence-corrected chi connectivity index (χ4v) is 1.49. The summed E-state index contributed by atoms with van der Waals surface area (Å²) in [6, 6.07) is -0.773. The number of amides is 1. The molecular weight excluding hydrogens is 222 g/mol. The third kappa shape index (κ3) is 8.68. The first kappa shape index (κ1) is 15.9. The Morgan fingerprint density at radius 3 is 2.41 bits per heavy atom. The number of aliphatic carboxylic acids is 1. The summed E-state index contributed by atoms with van der Waals surface area (Å²) in [5.41, 5.74) is 0. The van der Waals surface area contributed by atoms with Crippen LogP contribution in [0.2, 0.25) is 0 Å². The lowest BCUT2D eigenvalue weighted by Gasteiger charge is -2.16. The molecule has 5 heteroatoms. The highest BCUT2D eigenvalue weighted by molar-refractivity contribution is 5.83. The van der Waals surface area contributed by atoms with Crippen LogP contribution in [0.4, 0.5) is 0 Å². The molecule has 17 heavy (non-hydrogen) atoms. The average molecular weight is 245 g/mol. The van der Waals surface area contributed by atoms with Gasteiger partial charge in [-0.15, -0.1) is 0 Å². The first-order valence-corrected chi connectivity index (χ1v) is 5.98. The number of hydrogen-bond acceptors (Lipinski definition) is 3. The minimum atomic E-state index is -0.969. The van der Waals surface area contributed by atoms with Gasteiger partial charge in [-0.3, -0.25) is 4.79 Å². The zero-order valence-corrected chi connectivity index (χ0v) is 10.9. The van der Waals surface area contributed by atoms with E-state index in [-0.39, 0.29) is 11.8 Å². The number of carbonyl (C=O) groups is 2. The number of unbranched alkanes of at least 4 members (excludes halogenated alkanes) is 1. The van der Waals surface area contributed by atoms with Gasteiger partial charge in [0.15, 0.2) is 0 Å². The molecule has 0 rings (SSSR count). The van der Waals surface area contributed by atoms with Crippen LogP contribution in [-0.4, -0.2) is 36.7 Å². The number of nitrogens with one attached hydrogen (secondary N) is 1. The van der Waals surface area contributed by atoms with Crippen molar-refractivity contribution in [2.75, 3.05) is 13.7 Å². The molecule has 0 aromatic rings. The molecule has 0 unspecified atom stereocenters. The Kier molecular flexibility index (Phi) is 8.40. The number of carbonyl (C=O) groups excluding carboxylic acids is 1. The van der Waals surface area contributed by atoms with Crippen molar-refractivity contribution in [3.05, 3.63) is 0 Å². The quantitative estimate of drug-likeness (QED) is 0.602. The standard InChI is InChI=1S/C12H23NO4/c1-9(2)8-10(12(15)16)13-11(14)6-4-5-7-17-3/h9-10H,4-8H2,1-3H3,(H,13,14)(H,15,16)/t10-/m0/s1. The van der Waals surface area contributed by atoms with Crippen molar-refractivity contribution < 1.29 is 19.4 Å².